The van der Waals surface area contributed by atoms with Crippen molar-refractivity contribution in [3.8, 4) is 0 Å². The van der Waals surface area contributed by atoms with Crippen LogP contribution in [-0.4, -0.2) is 33.6 Å². The molecule has 0 aliphatic heterocycles. The van der Waals surface area contributed by atoms with Gasteiger partial charge in [-0.25, -0.2) is 4.98 Å². The van der Waals surface area contributed by atoms with Gasteiger partial charge in [-0.15, -0.1) is 0 Å². The highest BCUT2D eigenvalue weighted by atomic mass is 32.2. The Bertz CT molecular complexity index is 543. The summed E-state index contributed by atoms with van der Waals surface area (Å²) in [6.07, 6.45) is 4.76. The third-order valence-corrected chi connectivity index (χ3v) is 4.82. The predicted molar refractivity (Wildman–Crippen MR) is 87.4 cm³/mol. The van der Waals surface area contributed by atoms with Gasteiger partial charge in [0.05, 0.1) is 12.1 Å². The first-order chi connectivity index (χ1) is 10.2. The van der Waals surface area contributed by atoms with E-state index in [1.807, 2.05) is 36.0 Å². The number of imidazole rings is 1. The Balaban J connectivity index is 2.20. The van der Waals surface area contributed by atoms with Crippen molar-refractivity contribution in [1.29, 1.82) is 0 Å². The van der Waals surface area contributed by atoms with Gasteiger partial charge < -0.3 is 15.0 Å². The average molecular weight is 305 g/mol. The van der Waals surface area contributed by atoms with E-state index in [1.54, 1.807) is 18.0 Å². The van der Waals surface area contributed by atoms with Gasteiger partial charge in [-0.2, -0.15) is 0 Å². The molecule has 1 aromatic carbocycles. The number of aliphatic hydroxyl groups excluding tert-OH is 1. The van der Waals surface area contributed by atoms with E-state index in [0.717, 1.165) is 29.4 Å². The number of aliphatic hydroxyl groups is 1. The van der Waals surface area contributed by atoms with Crippen LogP contribution >= 0.6 is 11.8 Å². The summed E-state index contributed by atoms with van der Waals surface area (Å²) in [5.74, 6) is 0.734. The number of hydrogen-bond acceptors (Lipinski definition) is 4. The van der Waals surface area contributed by atoms with Crippen molar-refractivity contribution in [1.82, 2.24) is 14.9 Å². The van der Waals surface area contributed by atoms with E-state index in [4.69, 9.17) is 0 Å². The zero-order valence-corrected chi connectivity index (χ0v) is 13.4. The highest BCUT2D eigenvalue weighted by molar-refractivity contribution is 7.99. The van der Waals surface area contributed by atoms with Crippen molar-refractivity contribution in [2.45, 2.75) is 24.0 Å². The lowest BCUT2D eigenvalue weighted by atomic mass is 9.92. The molecule has 0 aliphatic rings. The first-order valence-corrected chi connectivity index (χ1v) is 8.22. The topological polar surface area (TPSA) is 50.1 Å². The largest absolute Gasteiger partial charge is 0.394 e. The van der Waals surface area contributed by atoms with Crippen LogP contribution in [0.1, 0.15) is 18.9 Å². The third kappa shape index (κ3) is 3.87. The van der Waals surface area contributed by atoms with Gasteiger partial charge in [0.15, 0.2) is 5.16 Å². The van der Waals surface area contributed by atoms with Gasteiger partial charge in [0.2, 0.25) is 0 Å². The molecule has 0 fully saturated rings. The number of benzene rings is 1. The maximum Gasteiger partial charge on any atom is 0.167 e. The molecule has 0 aliphatic carbocycles. The molecule has 1 unspecified atom stereocenters. The van der Waals surface area contributed by atoms with Crippen LogP contribution in [0.15, 0.2) is 47.9 Å². The van der Waals surface area contributed by atoms with Gasteiger partial charge in [0, 0.05) is 25.2 Å². The Morgan fingerprint density at radius 2 is 2.10 bits per heavy atom. The first-order valence-electron chi connectivity index (χ1n) is 7.23. The second-order valence-corrected chi connectivity index (χ2v) is 6.08. The van der Waals surface area contributed by atoms with Gasteiger partial charge in [0.1, 0.15) is 0 Å². The Kier molecular flexibility index (Phi) is 5.85. The fourth-order valence-electron chi connectivity index (χ4n) is 2.23. The second-order valence-electron chi connectivity index (χ2n) is 5.14. The van der Waals surface area contributed by atoms with Crippen molar-refractivity contribution in [3.63, 3.8) is 0 Å². The van der Waals surface area contributed by atoms with Crippen molar-refractivity contribution in [3.05, 3.63) is 48.3 Å². The van der Waals surface area contributed by atoms with Crippen molar-refractivity contribution in [2.24, 2.45) is 7.05 Å². The van der Waals surface area contributed by atoms with E-state index in [2.05, 4.69) is 29.4 Å². The molecule has 1 heterocycles. The van der Waals surface area contributed by atoms with Gasteiger partial charge in [-0.3, -0.25) is 0 Å². The van der Waals surface area contributed by atoms with Crippen LogP contribution in [0, 0.1) is 0 Å². The summed E-state index contributed by atoms with van der Waals surface area (Å²) in [5.41, 5.74) is 0.677. The normalized spacial score (nSPS) is 14.0. The fourth-order valence-corrected chi connectivity index (χ4v) is 3.36. The molecular weight excluding hydrogens is 282 g/mol. The lowest BCUT2D eigenvalue weighted by Crippen LogP contribution is -2.48. The molecule has 114 valence electrons. The number of nitrogens with one attached hydrogen (secondary N) is 1. The summed E-state index contributed by atoms with van der Waals surface area (Å²) < 4.78 is 2.00. The number of thioether (sulfide) groups is 1. The molecular formula is C16H23N3OS. The predicted octanol–water partition coefficient (Wildman–Crippen LogP) is 2.40. The van der Waals surface area contributed by atoms with Crippen LogP contribution in [0.2, 0.25) is 0 Å². The average Bonchev–Trinajstić information content (AvgIpc) is 2.94. The second kappa shape index (κ2) is 7.64. The Labute approximate surface area is 130 Å². The Morgan fingerprint density at radius 3 is 2.67 bits per heavy atom. The number of aryl methyl sites for hydroxylation is 1. The van der Waals surface area contributed by atoms with Gasteiger partial charge in [-0.05, 0) is 18.5 Å². The summed E-state index contributed by atoms with van der Waals surface area (Å²) in [5, 5.41) is 14.5. The highest BCUT2D eigenvalue weighted by Crippen LogP contribution is 2.28. The molecule has 21 heavy (non-hydrogen) atoms. The summed E-state index contributed by atoms with van der Waals surface area (Å²) in [6, 6.07) is 10.2. The molecule has 2 rings (SSSR count). The van der Waals surface area contributed by atoms with Crippen molar-refractivity contribution >= 4 is 11.8 Å². The summed E-state index contributed by atoms with van der Waals surface area (Å²) in [6.45, 7) is 3.07. The minimum Gasteiger partial charge on any atom is -0.394 e. The van der Waals surface area contributed by atoms with Crippen LogP contribution in [0.5, 0.6) is 0 Å². The standard InChI is InChI=1S/C16H23N3OS/c1-3-9-18-16(12-20,14-7-5-4-6-8-14)13-21-15-17-10-11-19(15)2/h4-8,10-11,18,20H,3,9,12-13H2,1-2H3. The quantitative estimate of drug-likeness (QED) is 0.735. The van der Waals surface area contributed by atoms with E-state index < -0.39 is 5.54 Å². The van der Waals surface area contributed by atoms with Crippen LogP contribution in [0.25, 0.3) is 0 Å². The van der Waals surface area contributed by atoms with E-state index in [-0.39, 0.29) is 6.61 Å². The maximum absolute atomic E-state index is 10.1. The lowest BCUT2D eigenvalue weighted by molar-refractivity contribution is 0.179. The first kappa shape index (κ1) is 16.1. The van der Waals surface area contributed by atoms with Gasteiger partial charge in [0.25, 0.3) is 0 Å². The smallest absolute Gasteiger partial charge is 0.167 e. The van der Waals surface area contributed by atoms with Gasteiger partial charge in [-0.1, -0.05) is 49.0 Å². The zero-order valence-electron chi connectivity index (χ0n) is 12.6. The monoisotopic (exact) mass is 305 g/mol. The SMILES string of the molecule is CCCNC(CO)(CSc1nccn1C)c1ccccc1. The molecule has 0 spiro atoms. The maximum atomic E-state index is 10.1. The summed E-state index contributed by atoms with van der Waals surface area (Å²) in [4.78, 5) is 4.34. The van der Waals surface area contributed by atoms with Crippen molar-refractivity contribution in [2.75, 3.05) is 18.9 Å². The van der Waals surface area contributed by atoms with E-state index in [0.29, 0.717) is 0 Å². The molecule has 0 amide bonds. The number of nitrogens with zero attached hydrogens (tertiary/aromatic N) is 2. The molecule has 4 nitrogen and oxygen atoms in total. The molecule has 5 heteroatoms. The van der Waals surface area contributed by atoms with Crippen LogP contribution in [-0.2, 0) is 12.6 Å². The van der Waals surface area contributed by atoms with Crippen LogP contribution < -0.4 is 5.32 Å². The summed E-state index contributed by atoms with van der Waals surface area (Å²) in [7, 11) is 1.98. The molecule has 2 aromatic rings. The molecule has 1 aromatic heterocycles. The van der Waals surface area contributed by atoms with E-state index in [9.17, 15) is 5.11 Å². The Hall–Kier alpha value is -1.30. The molecule has 0 saturated heterocycles. The third-order valence-electron chi connectivity index (χ3n) is 3.53. The number of hydrogen-bond donors (Lipinski definition) is 2. The molecule has 0 saturated carbocycles. The van der Waals surface area contributed by atoms with Crippen molar-refractivity contribution < 1.29 is 5.11 Å². The number of rotatable bonds is 8. The van der Waals surface area contributed by atoms with E-state index >= 15 is 0 Å². The molecule has 2 N–H and O–H groups in total. The van der Waals surface area contributed by atoms with Gasteiger partial charge >= 0.3 is 0 Å². The number of aromatic nitrogens is 2. The zero-order chi connectivity index (χ0) is 15.1. The Morgan fingerprint density at radius 1 is 1.33 bits per heavy atom. The molecule has 1 atom stereocenters. The minimum atomic E-state index is -0.437. The molecule has 0 radical (unpaired) electrons. The van der Waals surface area contributed by atoms with E-state index in [1.165, 1.54) is 0 Å². The fraction of sp³-hybridized carbons (Fsp3) is 0.438. The summed E-state index contributed by atoms with van der Waals surface area (Å²) >= 11 is 1.66. The lowest BCUT2D eigenvalue weighted by Gasteiger charge is -2.33. The highest BCUT2D eigenvalue weighted by Gasteiger charge is 2.31. The minimum absolute atomic E-state index is 0.0639. The van der Waals surface area contributed by atoms with Crippen LogP contribution in [0.4, 0.5) is 0 Å². The van der Waals surface area contributed by atoms with Crippen LogP contribution in [0.3, 0.4) is 0 Å². The molecule has 0 bridgehead atoms.